The van der Waals surface area contributed by atoms with Gasteiger partial charge in [-0.15, -0.1) is 0 Å². The standard InChI is InChI=1S/C30H38F2N2O4/c1-28-11-8-19(31)15-30(32)26(36)25(35)23(34(2)3)16-29(30)12-9-24(38-29)22(28)7-6-21(28)18-4-5-20-17(14-18)10-13-33-27(20)37/h4-6,10,13-14,19,22-26,35-36H,7-9,11-12,15-16H2,1-3H3,(H,33,37). The summed E-state index contributed by atoms with van der Waals surface area (Å²) in [5.74, 6) is 0.0306. The molecule has 1 aromatic carbocycles. The number of H-pyrrole nitrogens is 1. The molecular formula is C30H38F2N2O4. The van der Waals surface area contributed by atoms with Crippen LogP contribution < -0.4 is 5.56 Å². The van der Waals surface area contributed by atoms with Gasteiger partial charge in [-0.05, 0) is 98.7 Å². The van der Waals surface area contributed by atoms with Gasteiger partial charge in [-0.3, -0.25) is 4.79 Å². The van der Waals surface area contributed by atoms with Crippen LogP contribution in [0.4, 0.5) is 8.78 Å². The summed E-state index contributed by atoms with van der Waals surface area (Å²) in [6.45, 7) is 2.17. The number of benzene rings is 1. The lowest BCUT2D eigenvalue weighted by Gasteiger charge is -2.55. The summed E-state index contributed by atoms with van der Waals surface area (Å²) in [4.78, 5) is 16.7. The Morgan fingerprint density at radius 2 is 1.92 bits per heavy atom. The summed E-state index contributed by atoms with van der Waals surface area (Å²) in [5, 5.41) is 23.4. The van der Waals surface area contributed by atoms with Gasteiger partial charge in [0.25, 0.3) is 5.56 Å². The predicted molar refractivity (Wildman–Crippen MR) is 142 cm³/mol. The van der Waals surface area contributed by atoms with Crippen LogP contribution in [0.1, 0.15) is 57.4 Å². The summed E-state index contributed by atoms with van der Waals surface area (Å²) in [6, 6.07) is 7.23. The monoisotopic (exact) mass is 528 g/mol. The third kappa shape index (κ3) is 3.67. The number of allylic oxidation sites excluding steroid dienone is 2. The normalized spacial score (nSPS) is 43.1. The van der Waals surface area contributed by atoms with Crippen LogP contribution in [0.15, 0.2) is 41.3 Å². The zero-order valence-corrected chi connectivity index (χ0v) is 22.3. The number of rotatable bonds is 2. The fourth-order valence-electron chi connectivity index (χ4n) is 8.20. The van der Waals surface area contributed by atoms with E-state index >= 15 is 8.78 Å². The Morgan fingerprint density at radius 1 is 1.13 bits per heavy atom. The van der Waals surface area contributed by atoms with E-state index < -0.39 is 42.1 Å². The topological polar surface area (TPSA) is 85.8 Å². The molecule has 38 heavy (non-hydrogen) atoms. The Labute approximate surface area is 221 Å². The van der Waals surface area contributed by atoms with E-state index in [0.717, 1.165) is 22.9 Å². The number of halogens is 2. The molecule has 6 nitrogen and oxygen atoms in total. The average molecular weight is 529 g/mol. The van der Waals surface area contributed by atoms with E-state index in [4.69, 9.17) is 4.74 Å². The summed E-state index contributed by atoms with van der Waals surface area (Å²) in [6.07, 6.45) is 1.23. The first-order valence-corrected chi connectivity index (χ1v) is 13.8. The summed E-state index contributed by atoms with van der Waals surface area (Å²) >= 11 is 0. The van der Waals surface area contributed by atoms with Crippen molar-refractivity contribution in [3.05, 3.63) is 52.5 Å². The maximum absolute atomic E-state index is 16.9. The number of hydrogen-bond donors (Lipinski definition) is 3. The van der Waals surface area contributed by atoms with Gasteiger partial charge in [-0.2, -0.15) is 0 Å². The van der Waals surface area contributed by atoms with Gasteiger partial charge < -0.3 is 24.8 Å². The van der Waals surface area contributed by atoms with E-state index in [2.05, 4.69) is 18.0 Å². The van der Waals surface area contributed by atoms with Crippen molar-refractivity contribution in [2.75, 3.05) is 14.1 Å². The second-order valence-corrected chi connectivity index (χ2v) is 12.5. The van der Waals surface area contributed by atoms with Crippen molar-refractivity contribution in [1.82, 2.24) is 9.88 Å². The van der Waals surface area contributed by atoms with Crippen molar-refractivity contribution < 1.29 is 23.7 Å². The third-order valence-corrected chi connectivity index (χ3v) is 10.4. The fourth-order valence-corrected chi connectivity index (χ4v) is 8.20. The number of fused-ring (bicyclic) bond motifs is 4. The van der Waals surface area contributed by atoms with E-state index in [9.17, 15) is 15.0 Å². The van der Waals surface area contributed by atoms with Crippen molar-refractivity contribution >= 4 is 16.3 Å². The van der Waals surface area contributed by atoms with Crippen LogP contribution in [-0.4, -0.2) is 76.0 Å². The maximum Gasteiger partial charge on any atom is 0.255 e. The minimum Gasteiger partial charge on any atom is -0.389 e. The predicted octanol–water partition coefficient (Wildman–Crippen LogP) is 4.14. The molecule has 3 fully saturated rings. The summed E-state index contributed by atoms with van der Waals surface area (Å²) in [5.41, 5.74) is -2.09. The Balaban J connectivity index is 1.38. The first-order chi connectivity index (χ1) is 18.0. The minimum atomic E-state index is -2.36. The molecule has 1 saturated carbocycles. The number of aliphatic hydroxyl groups is 2. The number of aromatic amines is 1. The molecule has 0 radical (unpaired) electrons. The van der Waals surface area contributed by atoms with Gasteiger partial charge in [0, 0.05) is 24.0 Å². The largest absolute Gasteiger partial charge is 0.389 e. The lowest BCUT2D eigenvalue weighted by Crippen LogP contribution is -2.71. The number of aliphatic hydroxyl groups excluding tert-OH is 2. The van der Waals surface area contributed by atoms with Crippen LogP contribution in [0, 0.1) is 11.3 Å². The van der Waals surface area contributed by atoms with Crippen LogP contribution in [-0.2, 0) is 4.74 Å². The molecule has 2 aromatic rings. The average Bonchev–Trinajstić information content (AvgIpc) is 3.45. The Bertz CT molecular complexity index is 1330. The molecule has 3 N–H and O–H groups in total. The van der Waals surface area contributed by atoms with Crippen molar-refractivity contribution in [3.63, 3.8) is 0 Å². The van der Waals surface area contributed by atoms with Gasteiger partial charge in [-0.25, -0.2) is 8.78 Å². The van der Waals surface area contributed by atoms with Gasteiger partial charge in [0.2, 0.25) is 0 Å². The van der Waals surface area contributed by atoms with Crippen molar-refractivity contribution in [2.24, 2.45) is 11.3 Å². The van der Waals surface area contributed by atoms with Crippen molar-refractivity contribution in [1.29, 1.82) is 0 Å². The number of nitrogens with one attached hydrogen (secondary N) is 1. The van der Waals surface area contributed by atoms with E-state index in [1.807, 2.05) is 24.3 Å². The number of alkyl halides is 2. The molecule has 1 spiro atoms. The van der Waals surface area contributed by atoms with Gasteiger partial charge in [0.15, 0.2) is 5.67 Å². The van der Waals surface area contributed by atoms with Crippen LogP contribution in [0.25, 0.3) is 16.3 Å². The smallest absolute Gasteiger partial charge is 0.255 e. The molecule has 2 bridgehead atoms. The van der Waals surface area contributed by atoms with Crippen molar-refractivity contribution in [3.8, 4) is 0 Å². The molecule has 6 rings (SSSR count). The minimum absolute atomic E-state index is 0.0306. The number of likely N-dealkylation sites (N-methyl/N-ethyl adjacent to an activating group) is 1. The van der Waals surface area contributed by atoms with Crippen LogP contribution >= 0.6 is 0 Å². The van der Waals surface area contributed by atoms with E-state index in [1.54, 1.807) is 25.2 Å². The summed E-state index contributed by atoms with van der Waals surface area (Å²) in [7, 11) is 3.60. The van der Waals surface area contributed by atoms with E-state index in [-0.39, 0.29) is 35.8 Å². The molecule has 0 amide bonds. The highest BCUT2D eigenvalue weighted by Gasteiger charge is 2.69. The second-order valence-electron chi connectivity index (χ2n) is 12.5. The molecule has 2 aliphatic carbocycles. The molecule has 9 atom stereocenters. The SMILES string of the molecule is CN(C)C1CC23CCC(O2)C2CC=C(c4ccc5c(=O)[nH]ccc5c4)C2(C)CCC(F)CC3(F)C(O)C1O. The third-order valence-electron chi connectivity index (χ3n) is 10.4. The fraction of sp³-hybridized carbons (Fsp3) is 0.633. The maximum atomic E-state index is 16.9. The van der Waals surface area contributed by atoms with Gasteiger partial charge >= 0.3 is 0 Å². The molecule has 9 unspecified atom stereocenters. The molecule has 2 aliphatic heterocycles. The second kappa shape index (κ2) is 8.95. The van der Waals surface area contributed by atoms with Gasteiger partial charge in [0.1, 0.15) is 17.9 Å². The first kappa shape index (κ1) is 26.1. The zero-order valence-electron chi connectivity index (χ0n) is 22.3. The van der Waals surface area contributed by atoms with Crippen LogP contribution in [0.3, 0.4) is 0 Å². The Hall–Kier alpha value is -2.13. The molecule has 8 heteroatoms. The molecular weight excluding hydrogens is 490 g/mol. The molecule has 1 aromatic heterocycles. The Kier molecular flexibility index (Phi) is 6.15. The Morgan fingerprint density at radius 3 is 2.68 bits per heavy atom. The molecule has 2 saturated heterocycles. The highest BCUT2D eigenvalue weighted by atomic mass is 19.2. The van der Waals surface area contributed by atoms with Crippen LogP contribution in [0.5, 0.6) is 0 Å². The highest BCUT2D eigenvalue weighted by molar-refractivity contribution is 5.86. The quantitative estimate of drug-likeness (QED) is 0.546. The number of nitrogens with zero attached hydrogens (tertiary/aromatic N) is 1. The number of hydrogen-bond acceptors (Lipinski definition) is 5. The first-order valence-electron chi connectivity index (χ1n) is 13.8. The van der Waals surface area contributed by atoms with Gasteiger partial charge in [-0.1, -0.05) is 19.1 Å². The van der Waals surface area contributed by atoms with Crippen LogP contribution in [0.2, 0.25) is 0 Å². The van der Waals surface area contributed by atoms with Gasteiger partial charge in [0.05, 0.1) is 12.2 Å². The van der Waals surface area contributed by atoms with Crippen molar-refractivity contribution in [2.45, 2.75) is 93.7 Å². The number of aromatic nitrogens is 1. The highest BCUT2D eigenvalue weighted by Crippen LogP contribution is 2.61. The molecule has 3 heterocycles. The molecule has 4 aliphatic rings. The lowest BCUT2D eigenvalue weighted by molar-refractivity contribution is -0.257. The number of pyridine rings is 1. The van der Waals surface area contributed by atoms with E-state index in [0.29, 0.717) is 24.6 Å². The molecule has 206 valence electrons. The number of ether oxygens (including phenoxy) is 1. The lowest BCUT2D eigenvalue weighted by atomic mass is 9.64. The zero-order chi connectivity index (χ0) is 27.0. The van der Waals surface area contributed by atoms with E-state index in [1.165, 1.54) is 0 Å². The summed E-state index contributed by atoms with van der Waals surface area (Å²) < 4.78 is 39.3.